The molecule has 0 N–H and O–H groups in total. The third-order valence-corrected chi connectivity index (χ3v) is 5.93. The van der Waals surface area contributed by atoms with Crippen molar-refractivity contribution >= 4 is 24.7 Å². The highest BCUT2D eigenvalue weighted by atomic mass is 79.9. The van der Waals surface area contributed by atoms with Gasteiger partial charge in [-0.25, -0.2) is 0 Å². The zero-order valence-corrected chi connectivity index (χ0v) is 12.3. The van der Waals surface area contributed by atoms with Gasteiger partial charge in [-0.2, -0.15) is 8.78 Å². The van der Waals surface area contributed by atoms with Crippen LogP contribution in [0.4, 0.5) is 8.78 Å². The van der Waals surface area contributed by atoms with Gasteiger partial charge in [0.2, 0.25) is 0 Å². The average molecular weight is 299 g/mol. The number of hydrogen-bond donors (Lipinski definition) is 0. The highest BCUT2D eigenvalue weighted by Gasteiger charge is 2.23. The Morgan fingerprint density at radius 2 is 1.87 bits per heavy atom. The van der Waals surface area contributed by atoms with Gasteiger partial charge < -0.3 is 4.74 Å². The number of rotatable bonds is 4. The lowest BCUT2D eigenvalue weighted by Crippen LogP contribution is -2.26. The minimum atomic E-state index is -3.10. The first-order chi connectivity index (χ1) is 6.65. The molecule has 0 spiro atoms. The summed E-state index contributed by atoms with van der Waals surface area (Å²) in [4.78, 5) is -3.10. The summed E-state index contributed by atoms with van der Waals surface area (Å²) < 4.78 is 29.7. The van der Waals surface area contributed by atoms with E-state index < -0.39 is 13.6 Å². The lowest BCUT2D eigenvalue weighted by Gasteiger charge is -2.27. The SMILES string of the molecule is C[SiH](C)C(C)(C)COCC#CC(F)(F)Br. The van der Waals surface area contributed by atoms with E-state index in [4.69, 9.17) is 4.74 Å². The van der Waals surface area contributed by atoms with Gasteiger partial charge in [0.25, 0.3) is 0 Å². The first kappa shape index (κ1) is 15.1. The molecule has 0 atom stereocenters. The molecule has 88 valence electrons. The third-order valence-electron chi connectivity index (χ3n) is 2.44. The Hall–Kier alpha value is 0.0769. The summed E-state index contributed by atoms with van der Waals surface area (Å²) in [7, 11) is -0.795. The van der Waals surface area contributed by atoms with E-state index in [0.29, 0.717) is 6.61 Å². The van der Waals surface area contributed by atoms with Crippen molar-refractivity contribution in [3.05, 3.63) is 0 Å². The molecule has 0 fully saturated rings. The van der Waals surface area contributed by atoms with Crippen LogP contribution >= 0.6 is 15.9 Å². The van der Waals surface area contributed by atoms with E-state index in [9.17, 15) is 8.78 Å². The number of halogens is 3. The maximum Gasteiger partial charge on any atom is 0.363 e. The Bertz CT molecular complexity index is 250. The summed E-state index contributed by atoms with van der Waals surface area (Å²) in [6.45, 7) is 9.39. The second-order valence-electron chi connectivity index (χ2n) is 4.44. The van der Waals surface area contributed by atoms with Gasteiger partial charge in [-0.15, -0.1) is 0 Å². The quantitative estimate of drug-likeness (QED) is 0.335. The summed E-state index contributed by atoms with van der Waals surface area (Å²) in [5, 5.41) is 0.179. The molecule has 0 heterocycles. The molecule has 0 bridgehead atoms. The van der Waals surface area contributed by atoms with Crippen LogP contribution in [0.25, 0.3) is 0 Å². The van der Waals surface area contributed by atoms with Crippen LogP contribution < -0.4 is 0 Å². The van der Waals surface area contributed by atoms with Crippen LogP contribution in [0.5, 0.6) is 0 Å². The maximum absolute atomic E-state index is 12.2. The summed E-state index contributed by atoms with van der Waals surface area (Å²) in [6, 6.07) is 0. The molecule has 0 aliphatic rings. The third kappa shape index (κ3) is 7.94. The molecular weight excluding hydrogens is 282 g/mol. The Kier molecular flexibility index (Phi) is 6.00. The summed E-state index contributed by atoms with van der Waals surface area (Å²) in [5.74, 6) is 4.04. The lowest BCUT2D eigenvalue weighted by molar-refractivity contribution is 0.141. The van der Waals surface area contributed by atoms with Gasteiger partial charge in [0.15, 0.2) is 0 Å². The average Bonchev–Trinajstić information content (AvgIpc) is 2.00. The van der Waals surface area contributed by atoms with E-state index in [1.54, 1.807) is 5.92 Å². The van der Waals surface area contributed by atoms with E-state index >= 15 is 0 Å². The summed E-state index contributed by atoms with van der Waals surface area (Å²) in [6.07, 6.45) is 0. The fourth-order valence-electron chi connectivity index (χ4n) is 0.668. The van der Waals surface area contributed by atoms with E-state index in [0.717, 1.165) is 0 Å². The lowest BCUT2D eigenvalue weighted by atomic mass is 10.2. The first-order valence-corrected chi connectivity index (χ1v) is 8.47. The molecule has 0 saturated carbocycles. The zero-order valence-electron chi connectivity index (χ0n) is 9.53. The highest BCUT2D eigenvalue weighted by molar-refractivity contribution is 9.10. The molecule has 0 aromatic heterocycles. The normalized spacial score (nSPS) is 12.5. The fraction of sp³-hybridized carbons (Fsp3) is 0.800. The fourth-order valence-corrected chi connectivity index (χ4v) is 1.26. The van der Waals surface area contributed by atoms with Gasteiger partial charge in [-0.05, 0) is 11.0 Å². The van der Waals surface area contributed by atoms with Crippen molar-refractivity contribution in [3.63, 3.8) is 0 Å². The van der Waals surface area contributed by atoms with Crippen LogP contribution in [0.1, 0.15) is 13.8 Å². The molecule has 0 amide bonds. The molecule has 0 aromatic rings. The molecule has 0 aromatic carbocycles. The van der Waals surface area contributed by atoms with Gasteiger partial charge in [0.1, 0.15) is 6.61 Å². The van der Waals surface area contributed by atoms with Crippen LogP contribution in [0.2, 0.25) is 18.1 Å². The largest absolute Gasteiger partial charge is 0.369 e. The minimum absolute atomic E-state index is 0.0613. The Labute approximate surface area is 100 Å². The van der Waals surface area contributed by atoms with Crippen molar-refractivity contribution in [1.29, 1.82) is 0 Å². The molecule has 15 heavy (non-hydrogen) atoms. The van der Waals surface area contributed by atoms with E-state index in [2.05, 4.69) is 48.8 Å². The topological polar surface area (TPSA) is 9.23 Å². The number of hydrogen-bond acceptors (Lipinski definition) is 1. The predicted octanol–water partition coefficient (Wildman–Crippen LogP) is 3.26. The van der Waals surface area contributed by atoms with Gasteiger partial charge in [0, 0.05) is 24.7 Å². The molecule has 0 unspecified atom stereocenters. The van der Waals surface area contributed by atoms with E-state index in [1.165, 1.54) is 0 Å². The Morgan fingerprint density at radius 1 is 1.33 bits per heavy atom. The predicted molar refractivity (Wildman–Crippen MR) is 65.4 cm³/mol. The van der Waals surface area contributed by atoms with Crippen molar-refractivity contribution < 1.29 is 13.5 Å². The van der Waals surface area contributed by atoms with Crippen molar-refractivity contribution in [2.24, 2.45) is 0 Å². The second kappa shape index (κ2) is 5.97. The first-order valence-electron chi connectivity index (χ1n) is 4.79. The molecule has 5 heteroatoms. The Morgan fingerprint density at radius 3 is 2.27 bits per heavy atom. The monoisotopic (exact) mass is 298 g/mol. The molecular formula is C10H17BrF2OSi. The van der Waals surface area contributed by atoms with Gasteiger partial charge in [-0.1, -0.05) is 32.9 Å². The molecule has 0 aliphatic heterocycles. The zero-order chi connectivity index (χ0) is 12.1. The van der Waals surface area contributed by atoms with Crippen LogP contribution in [0, 0.1) is 11.8 Å². The number of ether oxygens (including phenoxy) is 1. The molecule has 0 radical (unpaired) electrons. The summed E-state index contributed by atoms with van der Waals surface area (Å²) in [5.41, 5.74) is 0. The van der Waals surface area contributed by atoms with Crippen molar-refractivity contribution in [2.75, 3.05) is 13.2 Å². The number of alkyl halides is 3. The van der Waals surface area contributed by atoms with Gasteiger partial charge in [0.05, 0.1) is 6.61 Å². The smallest absolute Gasteiger partial charge is 0.363 e. The minimum Gasteiger partial charge on any atom is -0.369 e. The van der Waals surface area contributed by atoms with Crippen LogP contribution in [-0.2, 0) is 4.74 Å². The van der Waals surface area contributed by atoms with Crippen LogP contribution in [0.15, 0.2) is 0 Å². The standard InChI is InChI=1S/C10H17BrF2OSi/c1-9(2,15(3)4)8-14-7-5-6-10(11,12)13/h15H,7-8H2,1-4H3. The second-order valence-corrected chi connectivity index (χ2v) is 9.30. The van der Waals surface area contributed by atoms with Gasteiger partial charge in [-0.3, -0.25) is 0 Å². The maximum atomic E-state index is 12.2. The molecule has 1 nitrogen and oxygen atoms in total. The van der Waals surface area contributed by atoms with Crippen LogP contribution in [-0.4, -0.2) is 26.8 Å². The molecule has 0 rings (SSSR count). The van der Waals surface area contributed by atoms with Crippen molar-refractivity contribution in [2.45, 2.75) is 36.8 Å². The molecule has 0 aliphatic carbocycles. The van der Waals surface area contributed by atoms with Crippen molar-refractivity contribution in [3.8, 4) is 11.8 Å². The summed E-state index contributed by atoms with van der Waals surface area (Å²) >= 11 is 2.14. The van der Waals surface area contributed by atoms with Gasteiger partial charge >= 0.3 is 4.83 Å². The van der Waals surface area contributed by atoms with Crippen LogP contribution in [0.3, 0.4) is 0 Å². The highest BCUT2D eigenvalue weighted by Crippen LogP contribution is 2.28. The van der Waals surface area contributed by atoms with E-state index in [-0.39, 0.29) is 11.6 Å². The Balaban J connectivity index is 3.85. The molecule has 0 saturated heterocycles. The van der Waals surface area contributed by atoms with E-state index in [1.807, 2.05) is 0 Å². The van der Waals surface area contributed by atoms with Crippen molar-refractivity contribution in [1.82, 2.24) is 0 Å².